The third kappa shape index (κ3) is 7.92. The van der Waals surface area contributed by atoms with E-state index >= 15 is 0 Å². The number of allylic oxidation sites excluding steroid dienone is 1. The molecule has 17 rings (SSSR count). The lowest BCUT2D eigenvalue weighted by Crippen LogP contribution is -2.62. The lowest BCUT2D eigenvalue weighted by molar-refractivity contribution is 0.590. The van der Waals surface area contributed by atoms with Crippen molar-refractivity contribution in [3.05, 3.63) is 307 Å². The van der Waals surface area contributed by atoms with Crippen LogP contribution < -0.4 is 31.5 Å². The van der Waals surface area contributed by atoms with Gasteiger partial charge in [-0.1, -0.05) is 227 Å². The van der Waals surface area contributed by atoms with Gasteiger partial charge in [-0.25, -0.2) is 0 Å². The minimum absolute atomic E-state index is 0.0240. The van der Waals surface area contributed by atoms with Crippen LogP contribution in [-0.2, 0) is 5.41 Å². The van der Waals surface area contributed by atoms with Crippen LogP contribution in [0.3, 0.4) is 0 Å². The zero-order chi connectivity index (χ0) is 75.3. The maximum absolute atomic E-state index is 9.83. The van der Waals surface area contributed by atoms with Crippen LogP contribution in [0.25, 0.3) is 88.4 Å². The lowest BCUT2D eigenvalue weighted by atomic mass is 9.33. The highest BCUT2D eigenvalue weighted by atomic mass is 15.2. The van der Waals surface area contributed by atoms with E-state index in [1.807, 2.05) is 176 Å². The van der Waals surface area contributed by atoms with Gasteiger partial charge in [0.2, 0.25) is 0 Å². The van der Waals surface area contributed by atoms with Crippen LogP contribution in [0, 0.1) is 0 Å². The number of nitrogens with zero attached hydrogens (tertiary/aromatic N) is 5. The second-order valence-electron chi connectivity index (χ2n) is 22.9. The molecule has 87 heavy (non-hydrogen) atoms. The summed E-state index contributed by atoms with van der Waals surface area (Å²) >= 11 is 0. The zero-order valence-electron chi connectivity index (χ0n) is 67.1. The van der Waals surface area contributed by atoms with E-state index < -0.39 is 133 Å². The summed E-state index contributed by atoms with van der Waals surface area (Å²) in [5.74, 6) is 0. The molecule has 412 valence electrons. The predicted molar refractivity (Wildman–Crippen MR) is 366 cm³/mol. The summed E-state index contributed by atoms with van der Waals surface area (Å²) in [7, 11) is 0. The fourth-order valence-electron chi connectivity index (χ4n) is 13.4. The molecule has 3 aliphatic rings. The monoisotopic (exact) mass is 1130 g/mol. The van der Waals surface area contributed by atoms with Gasteiger partial charge in [-0.2, -0.15) is 0 Å². The number of para-hydroxylation sites is 4. The number of aromatic nitrogens is 3. The van der Waals surface area contributed by atoms with E-state index in [0.29, 0.717) is 56.1 Å². The molecular weight excluding hydrogens is 1060 g/mol. The number of nitrogens with one attached hydrogen (secondary N) is 1. The molecule has 0 atom stereocenters. The van der Waals surface area contributed by atoms with Gasteiger partial charge in [0, 0.05) is 103 Å². The first-order valence-electron chi connectivity index (χ1n) is 38.6. The molecule has 0 fully saturated rings. The molecule has 0 spiro atoms. The molecular formula is C80H59BN6. The van der Waals surface area contributed by atoms with Crippen molar-refractivity contribution in [2.24, 2.45) is 0 Å². The van der Waals surface area contributed by atoms with E-state index in [1.165, 1.54) is 18.6 Å². The van der Waals surface area contributed by atoms with Crippen molar-refractivity contribution in [2.45, 2.75) is 26.2 Å². The highest BCUT2D eigenvalue weighted by molar-refractivity contribution is 7.00. The van der Waals surface area contributed by atoms with Crippen molar-refractivity contribution in [3.8, 4) is 33.6 Å². The number of benzene rings is 11. The Balaban J connectivity index is 1.10. The molecule has 0 bridgehead atoms. The van der Waals surface area contributed by atoms with Gasteiger partial charge >= 0.3 is 0 Å². The number of anilines is 5. The fraction of sp³-hybridized carbons (Fsp3) is 0.0625. The first-order valence-corrected chi connectivity index (χ1v) is 28.6. The highest BCUT2D eigenvalue weighted by Crippen LogP contribution is 2.53. The summed E-state index contributed by atoms with van der Waals surface area (Å²) in [6, 6.07) is 34.7. The maximum atomic E-state index is 9.83. The molecule has 6 nitrogen and oxygen atoms in total. The summed E-state index contributed by atoms with van der Waals surface area (Å²) in [6.07, 6.45) is 4.19. The first-order chi connectivity index (χ1) is 51.1. The molecule has 3 aliphatic heterocycles. The van der Waals surface area contributed by atoms with E-state index in [1.54, 1.807) is 0 Å². The normalized spacial score (nSPS) is 16.9. The summed E-state index contributed by atoms with van der Waals surface area (Å²) in [5, 5.41) is 7.03. The quantitative estimate of drug-likeness (QED) is 0.154. The maximum Gasteiger partial charge on any atom is 0.252 e. The van der Waals surface area contributed by atoms with Crippen LogP contribution >= 0.6 is 0 Å². The van der Waals surface area contributed by atoms with Crippen molar-refractivity contribution in [1.29, 1.82) is 0 Å². The number of dihydropyridines is 1. The summed E-state index contributed by atoms with van der Waals surface area (Å²) in [4.78, 5) is 8.45. The van der Waals surface area contributed by atoms with Gasteiger partial charge in [0.25, 0.3) is 6.71 Å². The molecule has 0 unspecified atom stereocenters. The van der Waals surface area contributed by atoms with Crippen LogP contribution in [0.5, 0.6) is 0 Å². The van der Waals surface area contributed by atoms with Crippen LogP contribution in [0.4, 0.5) is 28.4 Å². The van der Waals surface area contributed by atoms with Gasteiger partial charge in [0.15, 0.2) is 0 Å². The number of fused-ring (bicyclic) bond motifs is 10. The van der Waals surface area contributed by atoms with E-state index in [0.717, 1.165) is 43.6 Å². The Morgan fingerprint density at radius 3 is 1.32 bits per heavy atom. The van der Waals surface area contributed by atoms with Crippen molar-refractivity contribution >= 4 is 106 Å². The highest BCUT2D eigenvalue weighted by Gasteiger charge is 2.47. The number of hydrogen-bond donors (Lipinski definition) is 1. The van der Waals surface area contributed by atoms with Crippen molar-refractivity contribution in [3.63, 3.8) is 0 Å². The summed E-state index contributed by atoms with van der Waals surface area (Å²) < 4.78 is 192. The van der Waals surface area contributed by atoms with Gasteiger partial charge in [0.1, 0.15) is 0 Å². The minimum Gasteiger partial charge on any atom is -0.386 e. The topological polar surface area (TPSA) is 41.3 Å². The number of hydrogen-bond acceptors (Lipinski definition) is 4. The Morgan fingerprint density at radius 1 is 0.448 bits per heavy atom. The second kappa shape index (κ2) is 19.9. The number of pyridine rings is 1. The SMILES string of the molecule is [2H]c1c([2H])c([2H])c(C2=CNCC(c3c([2H])c([2H])c([2H])c([2H])c3[2H])=C2N2c3cc(-n4c5ccccc5c5ccccc54)ccc3B3c4ccc(-n5c6ccccc6c6ccccc65)cc4N(c4c(-c5c([2H])c([2H])c([2H])c([2H])c5[2H])cncc4-c4c([2H])c([2H])c([2H])c([2H])c4[2H])c4cc(C(C)(C)C)cc2c43)c([2H])c1[2H]. The third-order valence-corrected chi connectivity index (χ3v) is 17.1. The van der Waals surface area contributed by atoms with Crippen LogP contribution in [0.2, 0.25) is 0 Å². The lowest BCUT2D eigenvalue weighted by Gasteiger charge is -2.47. The molecule has 1 N–H and O–H groups in total. The smallest absolute Gasteiger partial charge is 0.252 e. The molecule has 3 aromatic heterocycles. The van der Waals surface area contributed by atoms with Crippen molar-refractivity contribution < 1.29 is 27.4 Å². The van der Waals surface area contributed by atoms with Gasteiger partial charge in [0.05, 0.1) is 60.9 Å². The zero-order valence-corrected chi connectivity index (χ0v) is 47.1. The van der Waals surface area contributed by atoms with E-state index in [-0.39, 0.29) is 62.5 Å². The molecule has 0 aliphatic carbocycles. The van der Waals surface area contributed by atoms with Crippen molar-refractivity contribution in [1.82, 2.24) is 19.4 Å². The Hall–Kier alpha value is -10.9. The van der Waals surface area contributed by atoms with E-state index in [9.17, 15) is 21.9 Å². The Morgan fingerprint density at radius 2 is 0.862 bits per heavy atom. The molecule has 0 saturated carbocycles. The van der Waals surface area contributed by atoms with Crippen molar-refractivity contribution in [2.75, 3.05) is 16.3 Å². The molecule has 7 heteroatoms. The van der Waals surface area contributed by atoms with Gasteiger partial charge in [-0.05, 0) is 110 Å². The Bertz CT molecular complexity index is 6120. The van der Waals surface area contributed by atoms with Gasteiger partial charge in [-0.15, -0.1) is 0 Å². The van der Waals surface area contributed by atoms with Crippen LogP contribution in [0.15, 0.2) is 291 Å². The molecule has 0 saturated heterocycles. The second-order valence-corrected chi connectivity index (χ2v) is 22.9. The first kappa shape index (κ1) is 34.2. The summed E-state index contributed by atoms with van der Waals surface area (Å²) in [6.45, 7) is 4.83. The average Bonchev–Trinajstić information content (AvgIpc) is 1.04. The van der Waals surface area contributed by atoms with Gasteiger partial charge < -0.3 is 24.3 Å². The Kier molecular flexibility index (Phi) is 7.80. The molecule has 0 radical (unpaired) electrons. The molecule has 14 aromatic rings. The van der Waals surface area contributed by atoms with E-state index in [2.05, 4.69) is 14.5 Å². The Labute approximate surface area is 535 Å². The molecule has 0 amide bonds. The number of rotatable bonds is 8. The van der Waals surface area contributed by atoms with E-state index in [4.69, 9.17) is 10.5 Å². The standard InChI is InChI=1S/C80H59BN6/c1-80(2,3)56-44-75-77-76(45-56)87(79-65(54-28-12-6-13-29-54)50-83-51-66(79)55-30-14-7-15-31-55)74-47-58(85-71-38-22-18-34-61(71)62-35-19-23-39-72(62)85)41-43-68(74)81(77)67-42-40-57(84-69-36-20-16-32-59(69)60-33-17-21-37-70(60)84)46-73(67)86(75)78-63(52-24-8-4-9-25-52)48-82-49-64(78)53-26-10-5-11-27-53/h4-50,83H,51H2,1-3H3/i4D,5D,6D,7D,8D,9D,10D,11D,12D,13D,14D,15D,24D,25D,26D,27D,28D,29D,30D,31D. The van der Waals surface area contributed by atoms with Gasteiger partial charge in [-0.3, -0.25) is 4.98 Å². The van der Waals surface area contributed by atoms with Crippen LogP contribution in [-0.4, -0.2) is 27.4 Å². The minimum atomic E-state index is -0.888. The largest absolute Gasteiger partial charge is 0.386 e. The third-order valence-electron chi connectivity index (χ3n) is 17.1. The fourth-order valence-corrected chi connectivity index (χ4v) is 13.4. The molecule has 11 aromatic carbocycles. The molecule has 6 heterocycles. The van der Waals surface area contributed by atoms with Crippen LogP contribution in [0.1, 0.15) is 64.9 Å². The average molecular weight is 1140 g/mol. The summed E-state index contributed by atoms with van der Waals surface area (Å²) in [5.41, 5.74) is 6.20. The predicted octanol–water partition coefficient (Wildman–Crippen LogP) is 17.7.